The van der Waals surface area contributed by atoms with Crippen molar-refractivity contribution in [2.24, 2.45) is 10.4 Å². The molecule has 3 aromatic carbocycles. The third-order valence-corrected chi connectivity index (χ3v) is 7.96. The topological polar surface area (TPSA) is 80.5 Å². The molecule has 36 heavy (non-hydrogen) atoms. The summed E-state index contributed by atoms with van der Waals surface area (Å²) in [5.41, 5.74) is 2.28. The summed E-state index contributed by atoms with van der Waals surface area (Å²) in [6.07, 6.45) is 6.31. The van der Waals surface area contributed by atoms with E-state index in [4.69, 9.17) is 0 Å². The second-order valence-electron chi connectivity index (χ2n) is 9.45. The van der Waals surface area contributed by atoms with Gasteiger partial charge in [-0.25, -0.2) is 17.4 Å². The Labute approximate surface area is 210 Å². The van der Waals surface area contributed by atoms with Crippen molar-refractivity contribution in [1.82, 2.24) is 9.29 Å². The molecular formula is C29H27N3O3S. The first-order valence-electron chi connectivity index (χ1n) is 11.8. The van der Waals surface area contributed by atoms with Gasteiger partial charge in [-0.1, -0.05) is 68.5 Å². The SMILES string of the molecule is CC1(C)C=CN=c2c(c3cc(CCNC(=O)c4ccccc4)ccc3n2S(=O)(=O)c2ccccc2)=C1. The maximum atomic E-state index is 13.7. The van der Waals surface area contributed by atoms with E-state index in [9.17, 15) is 13.2 Å². The van der Waals surface area contributed by atoms with Crippen molar-refractivity contribution in [1.29, 1.82) is 0 Å². The predicted molar refractivity (Wildman–Crippen MR) is 142 cm³/mol. The molecule has 0 atom stereocenters. The average Bonchev–Trinajstić information content (AvgIpc) is 3.07. The number of amides is 1. The third kappa shape index (κ3) is 4.50. The summed E-state index contributed by atoms with van der Waals surface area (Å²) in [7, 11) is -3.88. The second-order valence-corrected chi connectivity index (χ2v) is 11.2. The Hall–Kier alpha value is -3.97. The highest BCUT2D eigenvalue weighted by molar-refractivity contribution is 7.90. The van der Waals surface area contributed by atoms with Crippen LogP contribution in [0.3, 0.4) is 0 Å². The molecule has 0 fully saturated rings. The fraction of sp³-hybridized carbons (Fsp3) is 0.172. The van der Waals surface area contributed by atoms with Gasteiger partial charge in [0.1, 0.15) is 0 Å². The standard InChI is InChI=1S/C29H27N3O3S/c1-29(2)16-18-30-27-25(20-29)24-19-21(15-17-31-28(33)22-9-5-3-6-10-22)13-14-26(24)32(27)36(34,35)23-11-7-4-8-12-23/h3-14,16,18-20H,15,17H2,1-2H3,(H,31,33). The molecule has 1 aliphatic heterocycles. The number of carbonyl (C=O) groups excluding carboxylic acids is 1. The minimum absolute atomic E-state index is 0.120. The number of rotatable bonds is 6. The van der Waals surface area contributed by atoms with E-state index in [0.717, 1.165) is 16.2 Å². The van der Waals surface area contributed by atoms with Gasteiger partial charge in [0.25, 0.3) is 15.9 Å². The van der Waals surface area contributed by atoms with Gasteiger partial charge in [-0.3, -0.25) is 4.79 Å². The van der Waals surface area contributed by atoms with E-state index >= 15 is 0 Å². The first-order valence-corrected chi connectivity index (χ1v) is 13.3. The maximum absolute atomic E-state index is 13.7. The minimum atomic E-state index is -3.88. The zero-order valence-corrected chi connectivity index (χ0v) is 21.0. The number of aromatic nitrogens is 1. The molecule has 1 N–H and O–H groups in total. The van der Waals surface area contributed by atoms with Gasteiger partial charge in [0, 0.05) is 34.3 Å². The molecule has 0 bridgehead atoms. The fourth-order valence-electron chi connectivity index (χ4n) is 4.41. The number of nitrogens with zero attached hydrogens (tertiary/aromatic N) is 2. The van der Waals surface area contributed by atoms with E-state index in [1.165, 1.54) is 3.97 Å². The third-order valence-electron chi connectivity index (χ3n) is 6.24. The molecule has 5 rings (SSSR count). The number of nitrogens with one attached hydrogen (secondary N) is 1. The van der Waals surface area contributed by atoms with Gasteiger partial charge in [0.2, 0.25) is 0 Å². The van der Waals surface area contributed by atoms with Gasteiger partial charge in [0.15, 0.2) is 5.49 Å². The lowest BCUT2D eigenvalue weighted by molar-refractivity contribution is 0.0954. The molecule has 0 aliphatic carbocycles. The fourth-order valence-corrected chi connectivity index (χ4v) is 5.92. The maximum Gasteiger partial charge on any atom is 0.269 e. The summed E-state index contributed by atoms with van der Waals surface area (Å²) in [6.45, 7) is 4.59. The van der Waals surface area contributed by atoms with Crippen LogP contribution in [0.15, 0.2) is 101 Å². The summed E-state index contributed by atoms with van der Waals surface area (Å²) in [5.74, 6) is -0.120. The van der Waals surface area contributed by atoms with E-state index in [0.29, 0.717) is 29.5 Å². The normalized spacial score (nSPS) is 14.4. The summed E-state index contributed by atoms with van der Waals surface area (Å²) in [6, 6.07) is 23.3. The van der Waals surface area contributed by atoms with Crippen LogP contribution in [0, 0.1) is 5.41 Å². The zero-order valence-electron chi connectivity index (χ0n) is 20.2. The van der Waals surface area contributed by atoms with Crippen molar-refractivity contribution >= 4 is 32.9 Å². The quantitative estimate of drug-likeness (QED) is 0.440. The number of hydrogen-bond acceptors (Lipinski definition) is 4. The van der Waals surface area contributed by atoms with E-state index in [2.05, 4.69) is 30.2 Å². The lowest BCUT2D eigenvalue weighted by Gasteiger charge is -2.12. The predicted octanol–water partition coefficient (Wildman–Crippen LogP) is 3.80. The molecule has 0 unspecified atom stereocenters. The molecule has 1 amide bonds. The highest BCUT2D eigenvalue weighted by atomic mass is 32.2. The molecule has 0 spiro atoms. The second kappa shape index (κ2) is 9.24. The van der Waals surface area contributed by atoms with Gasteiger partial charge in [-0.15, -0.1) is 0 Å². The van der Waals surface area contributed by atoms with Crippen LogP contribution in [0.25, 0.3) is 17.0 Å². The first-order chi connectivity index (χ1) is 17.3. The molecule has 7 heteroatoms. The van der Waals surface area contributed by atoms with E-state index < -0.39 is 10.0 Å². The van der Waals surface area contributed by atoms with Crippen LogP contribution in [0.4, 0.5) is 0 Å². The Morgan fingerprint density at radius 3 is 2.39 bits per heavy atom. The van der Waals surface area contributed by atoms with Crippen LogP contribution in [-0.2, 0) is 16.4 Å². The van der Waals surface area contributed by atoms with Gasteiger partial charge in [-0.2, -0.15) is 0 Å². The Morgan fingerprint density at radius 2 is 1.67 bits per heavy atom. The van der Waals surface area contributed by atoms with E-state index in [-0.39, 0.29) is 16.2 Å². The molecule has 0 radical (unpaired) electrons. The van der Waals surface area contributed by atoms with Crippen LogP contribution in [0.1, 0.15) is 29.8 Å². The summed E-state index contributed by atoms with van der Waals surface area (Å²) < 4.78 is 28.8. The molecule has 6 nitrogen and oxygen atoms in total. The molecule has 4 aromatic rings. The van der Waals surface area contributed by atoms with Crippen molar-refractivity contribution < 1.29 is 13.2 Å². The summed E-state index contributed by atoms with van der Waals surface area (Å²) in [4.78, 5) is 17.2. The molecule has 1 aliphatic rings. The van der Waals surface area contributed by atoms with Crippen molar-refractivity contribution in [3.63, 3.8) is 0 Å². The molecule has 2 heterocycles. The van der Waals surface area contributed by atoms with Crippen molar-refractivity contribution in [3.8, 4) is 0 Å². The lowest BCUT2D eigenvalue weighted by Crippen LogP contribution is -2.34. The molecule has 1 aromatic heterocycles. The number of hydrogen-bond donors (Lipinski definition) is 1. The van der Waals surface area contributed by atoms with Gasteiger partial charge in [-0.05, 0) is 48.4 Å². The molecule has 0 saturated carbocycles. The Balaban J connectivity index is 1.58. The van der Waals surface area contributed by atoms with Crippen LogP contribution >= 0.6 is 0 Å². The number of allylic oxidation sites excluding steroid dienone is 1. The number of fused-ring (bicyclic) bond motifs is 3. The van der Waals surface area contributed by atoms with Crippen molar-refractivity contribution in [2.45, 2.75) is 25.2 Å². The van der Waals surface area contributed by atoms with Crippen LogP contribution in [-0.4, -0.2) is 24.8 Å². The number of benzene rings is 3. The Bertz CT molecular complexity index is 1700. The minimum Gasteiger partial charge on any atom is -0.352 e. The van der Waals surface area contributed by atoms with E-state index in [1.807, 2.05) is 42.5 Å². The van der Waals surface area contributed by atoms with Gasteiger partial charge >= 0.3 is 0 Å². The average molecular weight is 498 g/mol. The van der Waals surface area contributed by atoms with Crippen LogP contribution in [0.2, 0.25) is 0 Å². The smallest absolute Gasteiger partial charge is 0.269 e. The Morgan fingerprint density at radius 1 is 0.972 bits per heavy atom. The Kier molecular flexibility index (Phi) is 6.10. The highest BCUT2D eigenvalue weighted by Crippen LogP contribution is 2.23. The van der Waals surface area contributed by atoms with Gasteiger partial charge in [0.05, 0.1) is 10.4 Å². The monoisotopic (exact) mass is 497 g/mol. The first kappa shape index (κ1) is 23.8. The zero-order chi connectivity index (χ0) is 25.3. The molecule has 0 saturated heterocycles. The summed E-state index contributed by atoms with van der Waals surface area (Å²) in [5, 5.41) is 4.56. The van der Waals surface area contributed by atoms with Gasteiger partial charge < -0.3 is 5.32 Å². The lowest BCUT2D eigenvalue weighted by atomic mass is 9.92. The highest BCUT2D eigenvalue weighted by Gasteiger charge is 2.24. The largest absolute Gasteiger partial charge is 0.352 e. The molecule has 182 valence electrons. The van der Waals surface area contributed by atoms with E-state index in [1.54, 1.807) is 48.7 Å². The van der Waals surface area contributed by atoms with Crippen LogP contribution < -0.4 is 16.0 Å². The van der Waals surface area contributed by atoms with Crippen LogP contribution in [0.5, 0.6) is 0 Å². The van der Waals surface area contributed by atoms with Crippen molar-refractivity contribution in [3.05, 3.63) is 113 Å². The molecular weight excluding hydrogens is 470 g/mol. The summed E-state index contributed by atoms with van der Waals surface area (Å²) >= 11 is 0. The van der Waals surface area contributed by atoms with Crippen molar-refractivity contribution in [2.75, 3.05) is 6.54 Å². The number of carbonyl (C=O) groups is 1.